The Bertz CT molecular complexity index is 630. The van der Waals surface area contributed by atoms with Crippen molar-refractivity contribution in [2.75, 3.05) is 11.9 Å². The van der Waals surface area contributed by atoms with E-state index in [0.717, 1.165) is 11.4 Å². The first kappa shape index (κ1) is 15.8. The third kappa shape index (κ3) is 4.17. The number of nitrogens with one attached hydrogen (secondary N) is 1. The van der Waals surface area contributed by atoms with Gasteiger partial charge in [0, 0.05) is 17.6 Å². The summed E-state index contributed by atoms with van der Waals surface area (Å²) in [6, 6.07) is 5.13. The van der Waals surface area contributed by atoms with Gasteiger partial charge in [0.25, 0.3) is 5.91 Å². The van der Waals surface area contributed by atoms with E-state index in [1.807, 2.05) is 6.92 Å². The Labute approximate surface area is 132 Å². The van der Waals surface area contributed by atoms with Crippen LogP contribution in [0, 0.1) is 0 Å². The third-order valence-corrected chi connectivity index (χ3v) is 3.78. The molecule has 0 atom stereocenters. The molecule has 0 radical (unpaired) electrons. The number of halogens is 1. The van der Waals surface area contributed by atoms with Gasteiger partial charge < -0.3 is 15.8 Å². The zero-order valence-electron chi connectivity index (χ0n) is 11.6. The van der Waals surface area contributed by atoms with Gasteiger partial charge in [-0.05, 0) is 24.6 Å². The van der Waals surface area contributed by atoms with Gasteiger partial charge in [-0.25, -0.2) is 4.98 Å². The Morgan fingerprint density at radius 3 is 2.95 bits per heavy atom. The minimum atomic E-state index is -0.288. The molecule has 7 heteroatoms. The molecule has 112 valence electrons. The standard InChI is InChI=1S/C14H16ClN3O2S/c1-2-5-20-12-4-3-9(6-10(12)15)17-14(19)11-8-21-13(7-16)18-11/h3-4,6,8H,2,5,7,16H2,1H3,(H,17,19). The van der Waals surface area contributed by atoms with E-state index in [-0.39, 0.29) is 5.91 Å². The van der Waals surface area contributed by atoms with E-state index in [1.165, 1.54) is 11.3 Å². The molecular formula is C14H16ClN3O2S. The highest BCUT2D eigenvalue weighted by Crippen LogP contribution is 2.28. The zero-order valence-corrected chi connectivity index (χ0v) is 13.1. The summed E-state index contributed by atoms with van der Waals surface area (Å²) in [7, 11) is 0. The maximum absolute atomic E-state index is 12.0. The lowest BCUT2D eigenvalue weighted by molar-refractivity contribution is 0.102. The average molecular weight is 326 g/mol. The van der Waals surface area contributed by atoms with Gasteiger partial charge in [-0.15, -0.1) is 11.3 Å². The van der Waals surface area contributed by atoms with Gasteiger partial charge in [-0.1, -0.05) is 18.5 Å². The second-order valence-electron chi connectivity index (χ2n) is 4.28. The monoisotopic (exact) mass is 325 g/mol. The smallest absolute Gasteiger partial charge is 0.275 e. The van der Waals surface area contributed by atoms with Gasteiger partial charge in [0.2, 0.25) is 0 Å². The molecule has 1 amide bonds. The Morgan fingerprint density at radius 1 is 1.52 bits per heavy atom. The van der Waals surface area contributed by atoms with Crippen molar-refractivity contribution in [3.63, 3.8) is 0 Å². The van der Waals surface area contributed by atoms with Gasteiger partial charge in [-0.2, -0.15) is 0 Å². The van der Waals surface area contributed by atoms with Gasteiger partial charge in [-0.3, -0.25) is 4.79 Å². The van der Waals surface area contributed by atoms with Crippen molar-refractivity contribution in [1.29, 1.82) is 0 Å². The number of hydrogen-bond acceptors (Lipinski definition) is 5. The number of amides is 1. The molecule has 0 spiro atoms. The van der Waals surface area contributed by atoms with Gasteiger partial charge in [0.15, 0.2) is 0 Å². The van der Waals surface area contributed by atoms with Crippen molar-refractivity contribution >= 4 is 34.5 Å². The van der Waals surface area contributed by atoms with Crippen molar-refractivity contribution < 1.29 is 9.53 Å². The summed E-state index contributed by atoms with van der Waals surface area (Å²) in [5, 5.41) is 5.61. The number of nitrogens with two attached hydrogens (primary N) is 1. The topological polar surface area (TPSA) is 77.2 Å². The number of carbonyl (C=O) groups excluding carboxylic acids is 1. The van der Waals surface area contributed by atoms with Crippen LogP contribution in [-0.2, 0) is 6.54 Å². The molecule has 0 aliphatic carbocycles. The van der Waals surface area contributed by atoms with E-state index >= 15 is 0 Å². The molecule has 3 N–H and O–H groups in total. The number of benzene rings is 1. The van der Waals surface area contributed by atoms with Crippen LogP contribution in [0.5, 0.6) is 5.75 Å². The SMILES string of the molecule is CCCOc1ccc(NC(=O)c2csc(CN)n2)cc1Cl. The molecule has 5 nitrogen and oxygen atoms in total. The number of ether oxygens (including phenoxy) is 1. The fraction of sp³-hybridized carbons (Fsp3) is 0.286. The normalized spacial score (nSPS) is 10.4. The first-order valence-corrected chi connectivity index (χ1v) is 7.78. The minimum Gasteiger partial charge on any atom is -0.492 e. The Hall–Kier alpha value is -1.63. The number of rotatable bonds is 6. The number of anilines is 1. The van der Waals surface area contributed by atoms with E-state index < -0.39 is 0 Å². The van der Waals surface area contributed by atoms with Crippen molar-refractivity contribution in [1.82, 2.24) is 4.98 Å². The number of hydrogen-bond donors (Lipinski definition) is 2. The Kier molecular flexibility index (Phi) is 5.55. The highest BCUT2D eigenvalue weighted by molar-refractivity contribution is 7.09. The molecule has 1 heterocycles. The Balaban J connectivity index is 2.05. The average Bonchev–Trinajstić information content (AvgIpc) is 2.95. The molecule has 21 heavy (non-hydrogen) atoms. The molecule has 0 aliphatic heterocycles. The highest BCUT2D eigenvalue weighted by atomic mass is 35.5. The molecule has 2 aromatic rings. The van der Waals surface area contributed by atoms with Crippen LogP contribution < -0.4 is 15.8 Å². The molecule has 0 aliphatic rings. The Morgan fingerprint density at radius 2 is 2.33 bits per heavy atom. The number of nitrogens with zero attached hydrogens (tertiary/aromatic N) is 1. The molecule has 0 bridgehead atoms. The van der Waals surface area contributed by atoms with E-state index in [9.17, 15) is 4.79 Å². The summed E-state index contributed by atoms with van der Waals surface area (Å²) in [4.78, 5) is 16.2. The lowest BCUT2D eigenvalue weighted by Crippen LogP contribution is -2.12. The van der Waals surface area contributed by atoms with Crippen LogP contribution in [0.25, 0.3) is 0 Å². The molecule has 1 aromatic carbocycles. The third-order valence-electron chi connectivity index (χ3n) is 2.61. The van der Waals surface area contributed by atoms with Crippen molar-refractivity contribution in [2.45, 2.75) is 19.9 Å². The van der Waals surface area contributed by atoms with E-state index in [4.69, 9.17) is 22.1 Å². The van der Waals surface area contributed by atoms with Crippen LogP contribution in [-0.4, -0.2) is 17.5 Å². The first-order chi connectivity index (χ1) is 10.1. The van der Waals surface area contributed by atoms with E-state index in [1.54, 1.807) is 23.6 Å². The van der Waals surface area contributed by atoms with Crippen molar-refractivity contribution in [2.24, 2.45) is 5.73 Å². The zero-order chi connectivity index (χ0) is 15.2. The van der Waals surface area contributed by atoms with Gasteiger partial charge >= 0.3 is 0 Å². The lowest BCUT2D eigenvalue weighted by Gasteiger charge is -2.09. The number of thiazole rings is 1. The van der Waals surface area contributed by atoms with E-state index in [0.29, 0.717) is 35.3 Å². The first-order valence-electron chi connectivity index (χ1n) is 6.52. The van der Waals surface area contributed by atoms with Gasteiger partial charge in [0.1, 0.15) is 16.5 Å². The summed E-state index contributed by atoms with van der Waals surface area (Å²) < 4.78 is 5.48. The molecular weight excluding hydrogens is 310 g/mol. The van der Waals surface area contributed by atoms with Crippen molar-refractivity contribution in [3.05, 3.63) is 39.3 Å². The van der Waals surface area contributed by atoms with Crippen LogP contribution in [0.1, 0.15) is 28.8 Å². The largest absolute Gasteiger partial charge is 0.492 e. The predicted molar refractivity (Wildman–Crippen MR) is 85.2 cm³/mol. The molecule has 0 saturated heterocycles. The summed E-state index contributed by atoms with van der Waals surface area (Å²) >= 11 is 7.47. The fourth-order valence-electron chi connectivity index (χ4n) is 1.61. The summed E-state index contributed by atoms with van der Waals surface area (Å²) in [6.07, 6.45) is 0.905. The maximum Gasteiger partial charge on any atom is 0.275 e. The second kappa shape index (κ2) is 7.40. The van der Waals surface area contributed by atoms with Crippen LogP contribution >= 0.6 is 22.9 Å². The summed E-state index contributed by atoms with van der Waals surface area (Å²) in [5.41, 5.74) is 6.42. The fourth-order valence-corrected chi connectivity index (χ4v) is 2.50. The molecule has 0 unspecified atom stereocenters. The summed E-state index contributed by atoms with van der Waals surface area (Å²) in [5.74, 6) is 0.319. The van der Waals surface area contributed by atoms with Crippen LogP contribution in [0.4, 0.5) is 5.69 Å². The van der Waals surface area contributed by atoms with Crippen LogP contribution in [0.15, 0.2) is 23.6 Å². The quantitative estimate of drug-likeness (QED) is 0.854. The molecule has 2 rings (SSSR count). The lowest BCUT2D eigenvalue weighted by atomic mass is 10.3. The van der Waals surface area contributed by atoms with Crippen LogP contribution in [0.2, 0.25) is 5.02 Å². The second-order valence-corrected chi connectivity index (χ2v) is 5.63. The maximum atomic E-state index is 12.0. The van der Waals surface area contributed by atoms with Crippen molar-refractivity contribution in [3.8, 4) is 5.75 Å². The molecule has 0 fully saturated rings. The predicted octanol–water partition coefficient (Wildman–Crippen LogP) is 3.30. The van der Waals surface area contributed by atoms with Crippen LogP contribution in [0.3, 0.4) is 0 Å². The number of carbonyl (C=O) groups is 1. The number of aromatic nitrogens is 1. The van der Waals surface area contributed by atoms with E-state index in [2.05, 4.69) is 10.3 Å². The molecule has 0 saturated carbocycles. The minimum absolute atomic E-state index is 0.288. The van der Waals surface area contributed by atoms with Gasteiger partial charge in [0.05, 0.1) is 11.6 Å². The highest BCUT2D eigenvalue weighted by Gasteiger charge is 2.11. The molecule has 1 aromatic heterocycles. The summed E-state index contributed by atoms with van der Waals surface area (Å²) in [6.45, 7) is 2.95.